The molecule has 3 N–H and O–H groups in total. The Labute approximate surface area is 148 Å². The van der Waals surface area contributed by atoms with Crippen molar-refractivity contribution in [3.05, 3.63) is 35.9 Å². The summed E-state index contributed by atoms with van der Waals surface area (Å²) < 4.78 is 2.20. The van der Waals surface area contributed by atoms with Gasteiger partial charge in [0.15, 0.2) is 5.70 Å². The molecule has 0 radical (unpaired) electrons. The second-order valence-corrected chi connectivity index (χ2v) is 7.73. The molecule has 0 bridgehead atoms. The molecule has 4 aliphatic rings. The summed E-state index contributed by atoms with van der Waals surface area (Å²) in [4.78, 5) is 2.72. The highest BCUT2D eigenvalue weighted by Crippen LogP contribution is 2.30. The quantitative estimate of drug-likeness (QED) is 0.814. The van der Waals surface area contributed by atoms with Gasteiger partial charge in [-0.05, 0) is 25.7 Å². The minimum Gasteiger partial charge on any atom is -0.374 e. The molecule has 132 valence electrons. The number of fused-ring (bicyclic) bond motifs is 1. The average Bonchev–Trinajstić information content (AvgIpc) is 3.42. The van der Waals surface area contributed by atoms with Crippen LogP contribution in [0.3, 0.4) is 0 Å². The molecule has 5 rings (SSSR count). The van der Waals surface area contributed by atoms with Crippen molar-refractivity contribution in [1.29, 1.82) is 0 Å². The predicted molar refractivity (Wildman–Crippen MR) is 97.7 cm³/mol. The lowest BCUT2D eigenvalue weighted by Gasteiger charge is -2.36. The zero-order valence-electron chi connectivity index (χ0n) is 14.6. The molecule has 3 aliphatic heterocycles. The van der Waals surface area contributed by atoms with E-state index in [2.05, 4.69) is 43.6 Å². The highest BCUT2D eigenvalue weighted by atomic mass is 15.3. The second kappa shape index (κ2) is 6.42. The monoisotopic (exact) mass is 339 g/mol. The Morgan fingerprint density at radius 1 is 1.08 bits per heavy atom. The van der Waals surface area contributed by atoms with Crippen molar-refractivity contribution in [1.82, 2.24) is 20.0 Å². The predicted octanol–water partition coefficient (Wildman–Crippen LogP) is 1.22. The fraction of sp³-hybridized carbons (Fsp3) is 0.579. The van der Waals surface area contributed by atoms with Gasteiger partial charge in [-0.2, -0.15) is 10.5 Å². The topological polar surface area (TPSA) is 62.1 Å². The molecule has 6 heteroatoms. The van der Waals surface area contributed by atoms with E-state index in [0.717, 1.165) is 6.04 Å². The number of hydrogen-bond donors (Lipinski definition) is 2. The Balaban J connectivity index is 1.24. The number of allylic oxidation sites excluding steroid dienone is 2. The fourth-order valence-corrected chi connectivity index (χ4v) is 4.69. The van der Waals surface area contributed by atoms with Crippen LogP contribution in [0, 0.1) is 0 Å². The molecule has 1 atom stereocenters. The molecular formula is C19H27N6+. The summed E-state index contributed by atoms with van der Waals surface area (Å²) in [6.45, 7) is 2.46. The molecule has 1 aliphatic carbocycles. The van der Waals surface area contributed by atoms with Gasteiger partial charge in [0.25, 0.3) is 0 Å². The number of dihydropyridines is 1. The number of likely N-dealkylation sites (tertiary alicyclic amines) is 1. The second-order valence-electron chi connectivity index (χ2n) is 7.73. The number of nitrogens with two attached hydrogens (primary N) is 1. The highest BCUT2D eigenvalue weighted by molar-refractivity contribution is 5.79. The lowest BCUT2D eigenvalue weighted by molar-refractivity contribution is -0.607. The largest absolute Gasteiger partial charge is 0.374 e. The molecule has 1 aromatic heterocycles. The van der Waals surface area contributed by atoms with Gasteiger partial charge in [-0.25, -0.2) is 0 Å². The lowest BCUT2D eigenvalue weighted by atomic mass is 10.0. The van der Waals surface area contributed by atoms with Gasteiger partial charge in [-0.3, -0.25) is 4.68 Å². The van der Waals surface area contributed by atoms with E-state index in [0.29, 0.717) is 6.04 Å². The number of aromatic nitrogens is 2. The minimum atomic E-state index is 0.249. The van der Waals surface area contributed by atoms with Crippen molar-refractivity contribution >= 4 is 11.8 Å². The van der Waals surface area contributed by atoms with Gasteiger partial charge in [-0.1, -0.05) is 17.9 Å². The first-order valence-corrected chi connectivity index (χ1v) is 9.70. The molecular weight excluding hydrogens is 312 g/mol. The summed E-state index contributed by atoms with van der Waals surface area (Å²) in [5.41, 5.74) is 5.56. The number of nitrogens with one attached hydrogen (secondary N) is 1. The maximum atomic E-state index is 4.68. The van der Waals surface area contributed by atoms with Crippen LogP contribution in [0.2, 0.25) is 0 Å². The summed E-state index contributed by atoms with van der Waals surface area (Å²) in [6, 6.07) is 1.65. The van der Waals surface area contributed by atoms with Crippen molar-refractivity contribution in [2.75, 3.05) is 13.1 Å². The minimum absolute atomic E-state index is 0.249. The SMILES string of the molecule is C1=N[NH2+]C2=CC(c3cnn(C4CCN(C5CCCC5)CC4)c3)=CNC12. The molecule has 1 aromatic rings. The molecule has 1 saturated heterocycles. The van der Waals surface area contributed by atoms with E-state index in [4.69, 9.17) is 0 Å². The Bertz CT molecular complexity index is 716. The van der Waals surface area contributed by atoms with Gasteiger partial charge >= 0.3 is 0 Å². The number of rotatable bonds is 3. The van der Waals surface area contributed by atoms with E-state index < -0.39 is 0 Å². The molecule has 25 heavy (non-hydrogen) atoms. The third-order valence-electron chi connectivity index (χ3n) is 6.21. The third kappa shape index (κ3) is 2.93. The standard InChI is InChI=1S/C19H26N6/c1-2-4-16(3-1)24-7-5-17(6-8-24)25-13-15(11-22-25)14-9-18-19(20-10-14)12-21-23-18/h9-13,16-17,19-20,23H,1-8H2/p+1. The average molecular weight is 339 g/mol. The fourth-order valence-electron chi connectivity index (χ4n) is 4.69. The molecule has 0 spiro atoms. The smallest absolute Gasteiger partial charge is 0.161 e. The van der Waals surface area contributed by atoms with E-state index in [9.17, 15) is 0 Å². The molecule has 1 saturated carbocycles. The number of hydrogen-bond acceptors (Lipinski definition) is 4. The Morgan fingerprint density at radius 2 is 1.92 bits per heavy atom. The van der Waals surface area contributed by atoms with Gasteiger partial charge in [0, 0.05) is 48.7 Å². The van der Waals surface area contributed by atoms with Crippen molar-refractivity contribution in [2.45, 2.75) is 56.7 Å². The van der Waals surface area contributed by atoms with Crippen LogP contribution < -0.4 is 10.7 Å². The zero-order chi connectivity index (χ0) is 16.6. The Morgan fingerprint density at radius 3 is 2.76 bits per heavy atom. The van der Waals surface area contributed by atoms with Gasteiger partial charge in [0.1, 0.15) is 6.04 Å². The molecule has 4 heterocycles. The van der Waals surface area contributed by atoms with Crippen LogP contribution in [0.4, 0.5) is 0 Å². The number of piperidine rings is 1. The number of quaternary nitrogens is 1. The van der Waals surface area contributed by atoms with Crippen LogP contribution in [0.15, 0.2) is 35.5 Å². The van der Waals surface area contributed by atoms with Gasteiger partial charge in [0.2, 0.25) is 0 Å². The first-order valence-electron chi connectivity index (χ1n) is 9.70. The molecule has 1 unspecified atom stereocenters. The van der Waals surface area contributed by atoms with E-state index in [-0.39, 0.29) is 6.04 Å². The first kappa shape index (κ1) is 15.3. The van der Waals surface area contributed by atoms with Crippen LogP contribution in [0.5, 0.6) is 0 Å². The summed E-state index contributed by atoms with van der Waals surface area (Å²) in [6.07, 6.45) is 18.6. The van der Waals surface area contributed by atoms with Crippen LogP contribution in [0.25, 0.3) is 5.57 Å². The summed E-state index contributed by atoms with van der Waals surface area (Å²) in [5.74, 6) is 0. The van der Waals surface area contributed by atoms with Crippen molar-refractivity contribution in [2.24, 2.45) is 5.10 Å². The van der Waals surface area contributed by atoms with Crippen LogP contribution in [0.1, 0.15) is 50.1 Å². The molecule has 0 aromatic carbocycles. The van der Waals surface area contributed by atoms with Crippen molar-refractivity contribution < 1.29 is 5.43 Å². The van der Waals surface area contributed by atoms with Crippen molar-refractivity contribution in [3.8, 4) is 0 Å². The molecule has 0 amide bonds. The third-order valence-corrected chi connectivity index (χ3v) is 6.21. The zero-order valence-corrected chi connectivity index (χ0v) is 14.6. The molecule has 2 fully saturated rings. The van der Waals surface area contributed by atoms with E-state index in [1.54, 1.807) is 0 Å². The van der Waals surface area contributed by atoms with Crippen LogP contribution in [-0.4, -0.2) is 46.1 Å². The first-order chi connectivity index (χ1) is 12.4. The summed E-state index contributed by atoms with van der Waals surface area (Å²) >= 11 is 0. The Hall–Kier alpha value is -1.92. The molecule has 6 nitrogen and oxygen atoms in total. The van der Waals surface area contributed by atoms with Crippen LogP contribution in [-0.2, 0) is 0 Å². The summed E-state index contributed by atoms with van der Waals surface area (Å²) in [5, 5.41) is 12.3. The maximum Gasteiger partial charge on any atom is 0.161 e. The maximum absolute atomic E-state index is 4.68. The highest BCUT2D eigenvalue weighted by Gasteiger charge is 2.29. The normalized spacial score (nSPS) is 27.9. The Kier molecular flexibility index (Phi) is 3.94. The van der Waals surface area contributed by atoms with E-state index in [1.165, 1.54) is 68.4 Å². The number of nitrogens with zero attached hydrogens (tertiary/aromatic N) is 4. The van der Waals surface area contributed by atoms with Crippen molar-refractivity contribution in [3.63, 3.8) is 0 Å². The lowest BCUT2D eigenvalue weighted by Crippen LogP contribution is -2.75. The summed E-state index contributed by atoms with van der Waals surface area (Å²) in [7, 11) is 0. The van der Waals surface area contributed by atoms with E-state index >= 15 is 0 Å². The van der Waals surface area contributed by atoms with Crippen LogP contribution >= 0.6 is 0 Å². The van der Waals surface area contributed by atoms with Gasteiger partial charge in [0.05, 0.1) is 18.5 Å². The van der Waals surface area contributed by atoms with Gasteiger partial charge < -0.3 is 10.2 Å². The van der Waals surface area contributed by atoms with Gasteiger partial charge in [-0.15, -0.1) is 0 Å². The van der Waals surface area contributed by atoms with E-state index in [1.807, 2.05) is 17.8 Å².